The van der Waals surface area contributed by atoms with Gasteiger partial charge in [0.15, 0.2) is 0 Å². The minimum atomic E-state index is 0.646. The van der Waals surface area contributed by atoms with Gasteiger partial charge in [-0.25, -0.2) is 0 Å². The predicted molar refractivity (Wildman–Crippen MR) is 77.3 cm³/mol. The lowest BCUT2D eigenvalue weighted by Crippen LogP contribution is -2.23. The second-order valence-corrected chi connectivity index (χ2v) is 6.35. The van der Waals surface area contributed by atoms with E-state index in [-0.39, 0.29) is 0 Å². The first-order valence-electron chi connectivity index (χ1n) is 5.34. The highest BCUT2D eigenvalue weighted by Crippen LogP contribution is 2.25. The van der Waals surface area contributed by atoms with Crippen molar-refractivity contribution in [1.82, 2.24) is 0 Å². The van der Waals surface area contributed by atoms with E-state index in [0.29, 0.717) is 16.6 Å². The summed E-state index contributed by atoms with van der Waals surface area (Å²) in [5.41, 5.74) is 13.8. The van der Waals surface area contributed by atoms with Crippen LogP contribution in [-0.2, 0) is 0 Å². The Bertz CT molecular complexity index is 351. The molecule has 1 aliphatic rings. The zero-order valence-corrected chi connectivity index (χ0v) is 10.7. The van der Waals surface area contributed by atoms with Gasteiger partial charge in [0.1, 0.15) is 0 Å². The van der Waals surface area contributed by atoms with Gasteiger partial charge in [-0.15, -0.1) is 0 Å². The Balaban J connectivity index is 1.86. The summed E-state index contributed by atoms with van der Waals surface area (Å²) >= 11 is 4.09. The van der Waals surface area contributed by atoms with Gasteiger partial charge in [-0.05, 0) is 18.2 Å². The number of benzene rings is 1. The van der Waals surface area contributed by atoms with Crippen LogP contribution >= 0.6 is 23.5 Å². The summed E-state index contributed by atoms with van der Waals surface area (Å²) in [4.78, 5) is 0. The fraction of sp³-hybridized carbons (Fsp3) is 0.455. The molecule has 1 saturated heterocycles. The molecule has 1 heterocycles. The average Bonchev–Trinajstić information content (AvgIpc) is 2.32. The lowest BCUT2D eigenvalue weighted by Gasteiger charge is -2.21. The lowest BCUT2D eigenvalue weighted by atomic mass is 10.2. The Morgan fingerprint density at radius 1 is 1.25 bits per heavy atom. The first-order valence-corrected chi connectivity index (χ1v) is 7.54. The summed E-state index contributed by atoms with van der Waals surface area (Å²) in [6.07, 6.45) is 0. The van der Waals surface area contributed by atoms with Gasteiger partial charge in [0, 0.05) is 34.7 Å². The third kappa shape index (κ3) is 3.15. The van der Waals surface area contributed by atoms with Crippen molar-refractivity contribution < 1.29 is 0 Å². The Morgan fingerprint density at radius 2 is 2.12 bits per heavy atom. The molecule has 0 spiro atoms. The molecular formula is C11H17N3S2. The van der Waals surface area contributed by atoms with Crippen LogP contribution in [0.3, 0.4) is 0 Å². The van der Waals surface area contributed by atoms with Crippen molar-refractivity contribution in [3.63, 3.8) is 0 Å². The number of nitrogens with one attached hydrogen (secondary N) is 1. The van der Waals surface area contributed by atoms with E-state index in [1.54, 1.807) is 0 Å². The SMILES string of the molecule is Nc1ccc(NCC2CSCCS2)cc1N. The number of nitrogens with two attached hydrogens (primary N) is 2. The molecular weight excluding hydrogens is 238 g/mol. The first kappa shape index (κ1) is 11.8. The molecule has 1 fully saturated rings. The Morgan fingerprint density at radius 3 is 2.81 bits per heavy atom. The molecule has 1 aromatic carbocycles. The fourth-order valence-corrected chi connectivity index (χ4v) is 4.18. The fourth-order valence-electron chi connectivity index (χ4n) is 1.57. The van der Waals surface area contributed by atoms with Crippen LogP contribution in [-0.4, -0.2) is 29.1 Å². The van der Waals surface area contributed by atoms with Gasteiger partial charge in [0.2, 0.25) is 0 Å². The molecule has 88 valence electrons. The molecule has 0 aliphatic carbocycles. The van der Waals surface area contributed by atoms with Crippen LogP contribution in [0.5, 0.6) is 0 Å². The number of hydrogen-bond donors (Lipinski definition) is 3. The lowest BCUT2D eigenvalue weighted by molar-refractivity contribution is 1.01. The van der Waals surface area contributed by atoms with E-state index >= 15 is 0 Å². The van der Waals surface area contributed by atoms with Crippen molar-refractivity contribution >= 4 is 40.6 Å². The second-order valence-electron chi connectivity index (χ2n) is 3.79. The highest BCUT2D eigenvalue weighted by atomic mass is 32.2. The van der Waals surface area contributed by atoms with E-state index in [2.05, 4.69) is 17.1 Å². The van der Waals surface area contributed by atoms with E-state index in [9.17, 15) is 0 Å². The van der Waals surface area contributed by atoms with E-state index in [1.807, 2.05) is 30.0 Å². The van der Waals surface area contributed by atoms with E-state index < -0.39 is 0 Å². The van der Waals surface area contributed by atoms with Gasteiger partial charge in [0.05, 0.1) is 11.4 Å². The summed E-state index contributed by atoms with van der Waals surface area (Å²) in [7, 11) is 0. The van der Waals surface area contributed by atoms with Gasteiger partial charge in [0.25, 0.3) is 0 Å². The topological polar surface area (TPSA) is 64.1 Å². The van der Waals surface area contributed by atoms with E-state index in [1.165, 1.54) is 17.3 Å². The number of rotatable bonds is 3. The molecule has 0 aromatic heterocycles. The number of hydrogen-bond acceptors (Lipinski definition) is 5. The molecule has 0 saturated carbocycles. The summed E-state index contributed by atoms with van der Waals surface area (Å²) in [5, 5.41) is 4.12. The zero-order chi connectivity index (χ0) is 11.4. The summed E-state index contributed by atoms with van der Waals surface area (Å²) in [6.45, 7) is 1.00. The normalized spacial score (nSPS) is 20.6. The van der Waals surface area contributed by atoms with Crippen LogP contribution in [0.25, 0.3) is 0 Å². The van der Waals surface area contributed by atoms with E-state index in [0.717, 1.165) is 12.2 Å². The molecule has 1 aliphatic heterocycles. The molecule has 5 N–H and O–H groups in total. The largest absolute Gasteiger partial charge is 0.397 e. The standard InChI is InChI=1S/C11H17N3S2/c12-10-2-1-8(5-11(10)13)14-6-9-7-15-3-4-16-9/h1-2,5,9,14H,3-4,6-7,12-13H2. The molecule has 5 heteroatoms. The monoisotopic (exact) mass is 255 g/mol. The maximum absolute atomic E-state index is 5.76. The maximum atomic E-state index is 5.76. The minimum Gasteiger partial charge on any atom is -0.397 e. The molecule has 16 heavy (non-hydrogen) atoms. The predicted octanol–water partition coefficient (Wildman–Crippen LogP) is 2.11. The van der Waals surface area contributed by atoms with Crippen LogP contribution in [0.1, 0.15) is 0 Å². The van der Waals surface area contributed by atoms with Crippen molar-refractivity contribution in [2.75, 3.05) is 40.6 Å². The maximum Gasteiger partial charge on any atom is 0.0568 e. The first-order chi connectivity index (χ1) is 7.75. The average molecular weight is 255 g/mol. The molecule has 1 atom stereocenters. The molecule has 0 amide bonds. The zero-order valence-electron chi connectivity index (χ0n) is 9.11. The van der Waals surface area contributed by atoms with Gasteiger partial charge in [-0.1, -0.05) is 0 Å². The Labute approximate surface area is 105 Å². The van der Waals surface area contributed by atoms with Crippen molar-refractivity contribution in [1.29, 1.82) is 0 Å². The van der Waals surface area contributed by atoms with Crippen LogP contribution in [0, 0.1) is 0 Å². The van der Waals surface area contributed by atoms with Crippen molar-refractivity contribution in [3.8, 4) is 0 Å². The van der Waals surface area contributed by atoms with E-state index in [4.69, 9.17) is 11.5 Å². The summed E-state index contributed by atoms with van der Waals surface area (Å²) in [6, 6.07) is 5.72. The highest BCUT2D eigenvalue weighted by Gasteiger charge is 2.13. The molecule has 3 nitrogen and oxygen atoms in total. The van der Waals surface area contributed by atoms with Crippen LogP contribution in [0.15, 0.2) is 18.2 Å². The molecule has 1 aromatic rings. The van der Waals surface area contributed by atoms with Gasteiger partial charge in [-0.2, -0.15) is 23.5 Å². The van der Waals surface area contributed by atoms with Gasteiger partial charge < -0.3 is 16.8 Å². The molecule has 0 radical (unpaired) electrons. The van der Waals surface area contributed by atoms with Crippen LogP contribution in [0.2, 0.25) is 0 Å². The van der Waals surface area contributed by atoms with Crippen molar-refractivity contribution in [2.45, 2.75) is 5.25 Å². The summed E-state index contributed by atoms with van der Waals surface area (Å²) in [5.74, 6) is 3.79. The molecule has 1 unspecified atom stereocenters. The minimum absolute atomic E-state index is 0.646. The van der Waals surface area contributed by atoms with Crippen LogP contribution < -0.4 is 16.8 Å². The number of nitrogen functional groups attached to an aromatic ring is 2. The summed E-state index contributed by atoms with van der Waals surface area (Å²) < 4.78 is 0. The number of anilines is 3. The third-order valence-electron chi connectivity index (χ3n) is 2.51. The van der Waals surface area contributed by atoms with Crippen LogP contribution in [0.4, 0.5) is 17.1 Å². The second kappa shape index (κ2) is 5.59. The smallest absolute Gasteiger partial charge is 0.0568 e. The van der Waals surface area contributed by atoms with Crippen molar-refractivity contribution in [3.05, 3.63) is 18.2 Å². The quantitative estimate of drug-likeness (QED) is 0.722. The van der Waals surface area contributed by atoms with Crippen molar-refractivity contribution in [2.24, 2.45) is 0 Å². The van der Waals surface area contributed by atoms with Gasteiger partial charge >= 0.3 is 0 Å². The Kier molecular flexibility index (Phi) is 4.12. The molecule has 0 bridgehead atoms. The highest BCUT2D eigenvalue weighted by molar-refractivity contribution is 8.06. The number of thioether (sulfide) groups is 2. The third-order valence-corrected chi connectivity index (χ3v) is 5.35. The Hall–Kier alpha value is -0.680. The molecule has 2 rings (SSSR count). The van der Waals surface area contributed by atoms with Gasteiger partial charge in [-0.3, -0.25) is 0 Å².